The second-order valence-electron chi connectivity index (χ2n) is 3.40. The maximum Gasteiger partial charge on any atom is 0.219 e. The molecule has 0 aliphatic heterocycles. The second-order valence-corrected chi connectivity index (χ2v) is 3.40. The molecule has 1 rings (SSSR count). The van der Waals surface area contributed by atoms with Crippen molar-refractivity contribution in [2.75, 3.05) is 7.05 Å². The van der Waals surface area contributed by atoms with Gasteiger partial charge in [0.15, 0.2) is 11.6 Å². The summed E-state index contributed by atoms with van der Waals surface area (Å²) in [6, 6.07) is 3.19. The second kappa shape index (κ2) is 5.55. The summed E-state index contributed by atoms with van der Waals surface area (Å²) in [5.41, 5.74) is 0.266. The van der Waals surface area contributed by atoms with Gasteiger partial charge in [0.2, 0.25) is 5.91 Å². The number of amides is 1. The first-order valence-electron chi connectivity index (χ1n) is 4.88. The number of nitrogens with one attached hydrogen (secondary N) is 1. The van der Waals surface area contributed by atoms with E-state index in [4.69, 9.17) is 0 Å². The van der Waals surface area contributed by atoms with Gasteiger partial charge in [0, 0.05) is 13.5 Å². The average Bonchev–Trinajstić information content (AvgIpc) is 2.29. The van der Waals surface area contributed by atoms with Crippen molar-refractivity contribution in [1.82, 2.24) is 5.32 Å². The predicted molar refractivity (Wildman–Crippen MR) is 54.6 cm³/mol. The highest BCUT2D eigenvalue weighted by Crippen LogP contribution is 2.20. The molecule has 16 heavy (non-hydrogen) atoms. The zero-order chi connectivity index (χ0) is 12.1. The van der Waals surface area contributed by atoms with Gasteiger partial charge in [-0.15, -0.1) is 0 Å². The first-order valence-corrected chi connectivity index (χ1v) is 4.88. The van der Waals surface area contributed by atoms with E-state index in [0.717, 1.165) is 12.1 Å². The minimum atomic E-state index is -1.00. The van der Waals surface area contributed by atoms with Gasteiger partial charge in [-0.05, 0) is 24.1 Å². The molecule has 0 aliphatic carbocycles. The summed E-state index contributed by atoms with van der Waals surface area (Å²) in [5.74, 6) is -2.17. The molecule has 2 N–H and O–H groups in total. The number of aliphatic hydroxyl groups excluding tert-OH is 1. The lowest BCUT2D eigenvalue weighted by molar-refractivity contribution is -0.121. The quantitative estimate of drug-likeness (QED) is 0.822. The van der Waals surface area contributed by atoms with E-state index in [2.05, 4.69) is 5.32 Å². The van der Waals surface area contributed by atoms with Crippen LogP contribution in [0.25, 0.3) is 0 Å². The van der Waals surface area contributed by atoms with Gasteiger partial charge < -0.3 is 10.4 Å². The number of benzene rings is 1. The van der Waals surface area contributed by atoms with Crippen LogP contribution in [-0.4, -0.2) is 18.1 Å². The van der Waals surface area contributed by atoms with Crippen molar-refractivity contribution in [2.45, 2.75) is 18.9 Å². The van der Waals surface area contributed by atoms with Gasteiger partial charge in [0.05, 0.1) is 6.10 Å². The third-order valence-corrected chi connectivity index (χ3v) is 2.25. The van der Waals surface area contributed by atoms with Crippen LogP contribution in [0.1, 0.15) is 24.5 Å². The largest absolute Gasteiger partial charge is 0.388 e. The molecule has 0 saturated carbocycles. The van der Waals surface area contributed by atoms with Gasteiger partial charge in [-0.1, -0.05) is 6.07 Å². The Balaban J connectivity index is 2.62. The summed E-state index contributed by atoms with van der Waals surface area (Å²) >= 11 is 0. The molecule has 1 aromatic carbocycles. The van der Waals surface area contributed by atoms with Crippen LogP contribution in [0, 0.1) is 11.6 Å². The van der Waals surface area contributed by atoms with E-state index in [1.54, 1.807) is 0 Å². The molecule has 0 heterocycles. The Morgan fingerprint density at radius 2 is 2.12 bits per heavy atom. The molecule has 1 aromatic rings. The van der Waals surface area contributed by atoms with Crippen LogP contribution in [-0.2, 0) is 4.79 Å². The number of hydrogen-bond donors (Lipinski definition) is 2. The van der Waals surface area contributed by atoms with Gasteiger partial charge in [0.1, 0.15) is 0 Å². The van der Waals surface area contributed by atoms with Crippen molar-refractivity contribution in [1.29, 1.82) is 0 Å². The van der Waals surface area contributed by atoms with Gasteiger partial charge in [0.25, 0.3) is 0 Å². The third kappa shape index (κ3) is 3.27. The molecule has 3 nitrogen and oxygen atoms in total. The van der Waals surface area contributed by atoms with Gasteiger partial charge in [-0.25, -0.2) is 8.78 Å². The van der Waals surface area contributed by atoms with Crippen molar-refractivity contribution in [3.05, 3.63) is 35.4 Å². The maximum absolute atomic E-state index is 12.8. The zero-order valence-corrected chi connectivity index (χ0v) is 8.84. The standard InChI is InChI=1S/C11H13F2NO2/c1-14-11(16)5-4-10(15)7-2-3-8(12)9(13)6-7/h2-3,6,10,15H,4-5H2,1H3,(H,14,16). The molecular weight excluding hydrogens is 216 g/mol. The number of carbonyl (C=O) groups is 1. The van der Waals surface area contributed by atoms with Crippen molar-refractivity contribution in [3.63, 3.8) is 0 Å². The lowest BCUT2D eigenvalue weighted by Gasteiger charge is -2.10. The monoisotopic (exact) mass is 229 g/mol. The fraction of sp³-hybridized carbons (Fsp3) is 0.364. The number of hydrogen-bond acceptors (Lipinski definition) is 2. The van der Waals surface area contributed by atoms with Gasteiger partial charge in [-0.3, -0.25) is 4.79 Å². The number of rotatable bonds is 4. The van der Waals surface area contributed by atoms with Crippen molar-refractivity contribution < 1.29 is 18.7 Å². The minimum absolute atomic E-state index is 0.136. The molecule has 0 radical (unpaired) electrons. The normalized spacial score (nSPS) is 12.2. The van der Waals surface area contributed by atoms with Crippen LogP contribution >= 0.6 is 0 Å². The Hall–Kier alpha value is -1.49. The molecule has 88 valence electrons. The van der Waals surface area contributed by atoms with Crippen molar-refractivity contribution in [2.24, 2.45) is 0 Å². The Morgan fingerprint density at radius 3 is 2.69 bits per heavy atom. The Bertz CT molecular complexity index is 382. The smallest absolute Gasteiger partial charge is 0.219 e. The highest BCUT2D eigenvalue weighted by atomic mass is 19.2. The number of carbonyl (C=O) groups excluding carboxylic acids is 1. The van der Waals surface area contributed by atoms with E-state index in [0.29, 0.717) is 0 Å². The van der Waals surface area contributed by atoms with Crippen LogP contribution < -0.4 is 5.32 Å². The Labute approximate surface area is 92.1 Å². The van der Waals surface area contributed by atoms with E-state index in [1.807, 2.05) is 0 Å². The summed E-state index contributed by atoms with van der Waals surface area (Å²) < 4.78 is 25.4. The molecule has 1 atom stereocenters. The molecule has 0 saturated heterocycles. The molecule has 0 spiro atoms. The van der Waals surface area contributed by atoms with E-state index in [-0.39, 0.29) is 24.3 Å². The molecule has 0 fully saturated rings. The summed E-state index contributed by atoms with van der Waals surface area (Å²) in [6.07, 6.45) is -0.658. The number of halogens is 2. The first-order chi connectivity index (χ1) is 7.54. The highest BCUT2D eigenvalue weighted by molar-refractivity contribution is 5.75. The lowest BCUT2D eigenvalue weighted by Crippen LogP contribution is -2.18. The molecular formula is C11H13F2NO2. The number of aliphatic hydroxyl groups is 1. The molecule has 1 unspecified atom stereocenters. The third-order valence-electron chi connectivity index (χ3n) is 2.25. The molecule has 0 bridgehead atoms. The van der Waals surface area contributed by atoms with E-state index >= 15 is 0 Å². The van der Waals surface area contributed by atoms with Crippen LogP contribution in [0.2, 0.25) is 0 Å². The predicted octanol–water partition coefficient (Wildman–Crippen LogP) is 1.52. The molecule has 5 heteroatoms. The summed E-state index contributed by atoms with van der Waals surface area (Å²) in [5, 5.41) is 12.0. The first kappa shape index (κ1) is 12.6. The topological polar surface area (TPSA) is 49.3 Å². The SMILES string of the molecule is CNC(=O)CCC(O)c1ccc(F)c(F)c1. The maximum atomic E-state index is 12.8. The van der Waals surface area contributed by atoms with Crippen LogP contribution in [0.3, 0.4) is 0 Å². The average molecular weight is 229 g/mol. The minimum Gasteiger partial charge on any atom is -0.388 e. The van der Waals surface area contributed by atoms with Crippen LogP contribution in [0.5, 0.6) is 0 Å². The molecule has 1 amide bonds. The molecule has 0 aliphatic rings. The lowest BCUT2D eigenvalue weighted by atomic mass is 10.0. The van der Waals surface area contributed by atoms with E-state index < -0.39 is 17.7 Å². The summed E-state index contributed by atoms with van der Waals surface area (Å²) in [4.78, 5) is 10.9. The van der Waals surface area contributed by atoms with Crippen LogP contribution in [0.15, 0.2) is 18.2 Å². The van der Waals surface area contributed by atoms with Crippen LogP contribution in [0.4, 0.5) is 8.78 Å². The van der Waals surface area contributed by atoms with Gasteiger partial charge in [-0.2, -0.15) is 0 Å². The van der Waals surface area contributed by atoms with E-state index in [1.165, 1.54) is 13.1 Å². The fourth-order valence-electron chi connectivity index (χ4n) is 1.28. The Kier molecular flexibility index (Phi) is 4.37. The zero-order valence-electron chi connectivity index (χ0n) is 8.84. The summed E-state index contributed by atoms with van der Waals surface area (Å²) in [7, 11) is 1.49. The highest BCUT2D eigenvalue weighted by Gasteiger charge is 2.12. The fourth-order valence-corrected chi connectivity index (χ4v) is 1.28. The summed E-state index contributed by atoms with van der Waals surface area (Å²) in [6.45, 7) is 0. The van der Waals surface area contributed by atoms with E-state index in [9.17, 15) is 18.7 Å². The van der Waals surface area contributed by atoms with Crippen molar-refractivity contribution >= 4 is 5.91 Å². The molecule has 0 aromatic heterocycles. The van der Waals surface area contributed by atoms with Gasteiger partial charge >= 0.3 is 0 Å². The Morgan fingerprint density at radius 1 is 1.44 bits per heavy atom. The van der Waals surface area contributed by atoms with Crippen molar-refractivity contribution in [3.8, 4) is 0 Å².